The molecule has 180 valence electrons. The van der Waals surface area contributed by atoms with Gasteiger partial charge in [-0.25, -0.2) is 19.2 Å². The van der Waals surface area contributed by atoms with Crippen molar-refractivity contribution in [2.45, 2.75) is 44.7 Å². The molecule has 0 aliphatic carbocycles. The Kier molecular flexibility index (Phi) is 5.56. The summed E-state index contributed by atoms with van der Waals surface area (Å²) >= 11 is 0. The molecule has 0 saturated carbocycles. The molecular weight excluding hydrogens is 445 g/mol. The summed E-state index contributed by atoms with van der Waals surface area (Å²) in [6.07, 6.45) is 3.76. The fraction of sp³-hybridized carbons (Fsp3) is 0.385. The van der Waals surface area contributed by atoms with E-state index in [0.717, 1.165) is 44.0 Å². The largest absolute Gasteiger partial charge is 0.384 e. The highest BCUT2D eigenvalue weighted by Crippen LogP contribution is 2.43. The molecule has 2 atom stereocenters. The summed E-state index contributed by atoms with van der Waals surface area (Å²) in [6, 6.07) is 11.5. The third-order valence-electron chi connectivity index (χ3n) is 7.21. The smallest absolute Gasteiger partial charge is 0.272 e. The van der Waals surface area contributed by atoms with Gasteiger partial charge in [0, 0.05) is 36.6 Å². The Morgan fingerprint density at radius 2 is 2.00 bits per heavy atom. The molecule has 2 aromatic carbocycles. The third-order valence-corrected chi connectivity index (χ3v) is 7.21. The minimum atomic E-state index is -0.456. The number of anilines is 1. The van der Waals surface area contributed by atoms with Crippen molar-refractivity contribution in [2.75, 3.05) is 25.0 Å². The van der Waals surface area contributed by atoms with E-state index in [1.807, 2.05) is 4.68 Å². The molecule has 2 aliphatic rings. The van der Waals surface area contributed by atoms with Crippen LogP contribution in [0.2, 0.25) is 0 Å². The van der Waals surface area contributed by atoms with Gasteiger partial charge < -0.3 is 5.32 Å². The average molecular weight is 474 g/mol. The number of nitrogens with zero attached hydrogens (tertiary/aromatic N) is 5. The second-order valence-corrected chi connectivity index (χ2v) is 9.49. The molecule has 0 spiro atoms. The molecule has 8 nitrogen and oxygen atoms in total. The Hall–Kier alpha value is -3.59. The van der Waals surface area contributed by atoms with Crippen LogP contribution in [-0.4, -0.2) is 49.5 Å². The molecule has 0 bridgehead atoms. The quantitative estimate of drug-likeness (QED) is 0.445. The van der Waals surface area contributed by atoms with E-state index >= 15 is 0 Å². The first-order valence-electron chi connectivity index (χ1n) is 12.3. The van der Waals surface area contributed by atoms with E-state index in [9.17, 15) is 9.18 Å². The summed E-state index contributed by atoms with van der Waals surface area (Å²) in [7, 11) is 0. The van der Waals surface area contributed by atoms with Crippen LogP contribution in [0, 0.1) is 5.82 Å². The molecule has 2 aliphatic heterocycles. The van der Waals surface area contributed by atoms with Gasteiger partial charge in [-0.05, 0) is 49.2 Å². The van der Waals surface area contributed by atoms with Crippen molar-refractivity contribution in [3.05, 3.63) is 81.5 Å². The van der Waals surface area contributed by atoms with Gasteiger partial charge in [-0.1, -0.05) is 31.2 Å². The van der Waals surface area contributed by atoms with Crippen LogP contribution in [0.1, 0.15) is 54.2 Å². The zero-order valence-corrected chi connectivity index (χ0v) is 19.7. The summed E-state index contributed by atoms with van der Waals surface area (Å²) in [6.45, 7) is 6.65. The molecule has 1 saturated heterocycles. The summed E-state index contributed by atoms with van der Waals surface area (Å²) in [5.41, 5.74) is 3.27. The lowest BCUT2D eigenvalue weighted by molar-refractivity contribution is 0.172. The molecule has 0 radical (unpaired) electrons. The van der Waals surface area contributed by atoms with Gasteiger partial charge in [-0.15, -0.1) is 0 Å². The monoisotopic (exact) mass is 473 g/mol. The highest BCUT2D eigenvalue weighted by molar-refractivity contribution is 5.96. The molecule has 4 heterocycles. The summed E-state index contributed by atoms with van der Waals surface area (Å²) in [5, 5.41) is 16.0. The van der Waals surface area contributed by atoms with Crippen molar-refractivity contribution in [3.8, 4) is 0 Å². The lowest BCUT2D eigenvalue weighted by Gasteiger charge is -2.31. The minimum Gasteiger partial charge on any atom is -0.384 e. The maximum Gasteiger partial charge on any atom is 0.272 e. The topological polar surface area (TPSA) is 91.7 Å². The number of benzene rings is 2. The molecule has 2 aromatic heterocycles. The second kappa shape index (κ2) is 8.88. The van der Waals surface area contributed by atoms with E-state index in [1.54, 1.807) is 6.33 Å². The summed E-state index contributed by atoms with van der Waals surface area (Å²) < 4.78 is 16.4. The van der Waals surface area contributed by atoms with Crippen LogP contribution in [0.15, 0.2) is 47.5 Å². The molecule has 1 fully saturated rings. The highest BCUT2D eigenvalue weighted by atomic mass is 19.1. The van der Waals surface area contributed by atoms with Crippen molar-refractivity contribution in [1.29, 1.82) is 0 Å². The average Bonchev–Trinajstić information content (AvgIpc) is 3.21. The molecule has 2 unspecified atom stereocenters. The Balaban J connectivity index is 1.50. The number of aromatic amines is 1. The number of hydrogen-bond donors (Lipinski definition) is 2. The number of rotatable bonds is 6. The van der Waals surface area contributed by atoms with Crippen molar-refractivity contribution < 1.29 is 4.39 Å². The summed E-state index contributed by atoms with van der Waals surface area (Å²) in [5.74, 6) is 0.0113. The van der Waals surface area contributed by atoms with Crippen LogP contribution in [0.25, 0.3) is 10.8 Å². The first-order valence-corrected chi connectivity index (χ1v) is 12.3. The number of H-pyrrole nitrogens is 1. The van der Waals surface area contributed by atoms with Crippen LogP contribution < -0.4 is 10.9 Å². The van der Waals surface area contributed by atoms with E-state index in [1.165, 1.54) is 24.1 Å². The Bertz CT molecular complexity index is 1420. The van der Waals surface area contributed by atoms with Gasteiger partial charge in [0.15, 0.2) is 0 Å². The van der Waals surface area contributed by atoms with E-state index in [-0.39, 0.29) is 17.2 Å². The van der Waals surface area contributed by atoms with E-state index in [0.29, 0.717) is 23.3 Å². The van der Waals surface area contributed by atoms with Crippen molar-refractivity contribution >= 4 is 16.5 Å². The van der Waals surface area contributed by atoms with Gasteiger partial charge in [-0.2, -0.15) is 10.2 Å². The van der Waals surface area contributed by atoms with Crippen LogP contribution in [0.5, 0.6) is 0 Å². The maximum atomic E-state index is 14.4. The Labute approximate surface area is 202 Å². The van der Waals surface area contributed by atoms with E-state index < -0.39 is 11.4 Å². The lowest BCUT2D eigenvalue weighted by atomic mass is 9.82. The Morgan fingerprint density at radius 3 is 2.74 bits per heavy atom. The number of likely N-dealkylation sites (tertiary alicyclic amines) is 1. The predicted octanol–water partition coefficient (Wildman–Crippen LogP) is 3.61. The highest BCUT2D eigenvalue weighted by Gasteiger charge is 2.36. The van der Waals surface area contributed by atoms with Gasteiger partial charge in [0.2, 0.25) is 0 Å². The van der Waals surface area contributed by atoms with E-state index in [4.69, 9.17) is 0 Å². The zero-order chi connectivity index (χ0) is 23.9. The van der Waals surface area contributed by atoms with Crippen molar-refractivity contribution in [3.63, 3.8) is 0 Å². The molecule has 4 aromatic rings. The fourth-order valence-corrected chi connectivity index (χ4v) is 5.36. The number of hydrogen-bond acceptors (Lipinski definition) is 6. The minimum absolute atomic E-state index is 0.0510. The third kappa shape index (κ3) is 3.89. The summed E-state index contributed by atoms with van der Waals surface area (Å²) in [4.78, 5) is 19.7. The van der Waals surface area contributed by atoms with Gasteiger partial charge in [0.05, 0.1) is 17.0 Å². The normalized spacial score (nSPS) is 19.8. The van der Waals surface area contributed by atoms with E-state index in [2.05, 4.69) is 61.7 Å². The van der Waals surface area contributed by atoms with Gasteiger partial charge >= 0.3 is 0 Å². The van der Waals surface area contributed by atoms with Crippen molar-refractivity contribution in [2.24, 2.45) is 0 Å². The Morgan fingerprint density at radius 1 is 1.17 bits per heavy atom. The molecule has 2 N–H and O–H groups in total. The SMILES string of the molecule is CCCn1ncnc1C1c2n[nH]c(=O)c3cc(F)cc(c23)NCC1c1ccc(CN2CCC2)cc1. The fourth-order valence-electron chi connectivity index (χ4n) is 5.36. The standard InChI is InChI=1S/C26H28FN7O/c1-2-8-34-25(29-15-30-34)23-20(17-6-4-16(5-7-17)14-33-9-3-10-33)13-28-21-12-18(27)11-19-22(21)24(23)31-32-26(19)35/h4-7,11-12,15,20,23,28H,2-3,8-10,13-14H2,1H3,(H,32,35). The van der Waals surface area contributed by atoms with Crippen LogP contribution in [-0.2, 0) is 13.1 Å². The lowest BCUT2D eigenvalue weighted by Crippen LogP contribution is -2.36. The number of halogens is 1. The van der Waals surface area contributed by atoms with Crippen LogP contribution >= 0.6 is 0 Å². The predicted molar refractivity (Wildman–Crippen MR) is 132 cm³/mol. The zero-order valence-electron chi connectivity index (χ0n) is 19.7. The molecule has 35 heavy (non-hydrogen) atoms. The second-order valence-electron chi connectivity index (χ2n) is 9.49. The van der Waals surface area contributed by atoms with Gasteiger partial charge in [-0.3, -0.25) is 9.69 Å². The maximum absolute atomic E-state index is 14.4. The van der Waals surface area contributed by atoms with Crippen LogP contribution in [0.4, 0.5) is 10.1 Å². The molecule has 9 heteroatoms. The number of aryl methyl sites for hydroxylation is 1. The molecular formula is C26H28FN7O. The number of aromatic nitrogens is 5. The first kappa shape index (κ1) is 21.9. The number of nitrogens with one attached hydrogen (secondary N) is 2. The van der Waals surface area contributed by atoms with Gasteiger partial charge in [0.1, 0.15) is 18.0 Å². The van der Waals surface area contributed by atoms with Crippen molar-refractivity contribution in [1.82, 2.24) is 29.9 Å². The van der Waals surface area contributed by atoms with Gasteiger partial charge in [0.25, 0.3) is 5.56 Å². The molecule has 6 rings (SSSR count). The van der Waals surface area contributed by atoms with Crippen LogP contribution in [0.3, 0.4) is 0 Å². The first-order chi connectivity index (χ1) is 17.1. The molecule has 0 amide bonds.